The van der Waals surface area contributed by atoms with Gasteiger partial charge in [-0.25, -0.2) is 0 Å². The minimum absolute atomic E-state index is 0.713. The van der Waals surface area contributed by atoms with Crippen molar-refractivity contribution in [3.8, 4) is 0 Å². The van der Waals surface area contributed by atoms with Crippen LogP contribution in [0.5, 0.6) is 0 Å². The van der Waals surface area contributed by atoms with Gasteiger partial charge >= 0.3 is 0 Å². The first-order valence-electron chi connectivity index (χ1n) is 8.63. The van der Waals surface area contributed by atoms with E-state index in [9.17, 15) is 0 Å². The largest absolute Gasteiger partial charge is 0.314 e. The van der Waals surface area contributed by atoms with E-state index in [0.29, 0.717) is 6.04 Å². The molecular weight excluding hydrogens is 242 g/mol. The average Bonchev–Trinajstić information content (AvgIpc) is 2.50. The molecule has 1 aromatic rings. The van der Waals surface area contributed by atoms with Crippen molar-refractivity contribution in [2.75, 3.05) is 6.54 Å². The van der Waals surface area contributed by atoms with Gasteiger partial charge in [-0.15, -0.1) is 0 Å². The van der Waals surface area contributed by atoms with Crippen molar-refractivity contribution in [2.24, 2.45) is 5.92 Å². The highest BCUT2D eigenvalue weighted by Gasteiger charge is 2.19. The lowest BCUT2D eigenvalue weighted by Gasteiger charge is -2.27. The van der Waals surface area contributed by atoms with Gasteiger partial charge in [-0.1, -0.05) is 50.5 Å². The van der Waals surface area contributed by atoms with E-state index in [1.54, 1.807) is 5.56 Å². The normalized spacial score (nSPS) is 31.1. The number of piperidine rings is 1. The third-order valence-corrected chi connectivity index (χ3v) is 5.36. The molecule has 1 nitrogen and oxygen atoms in total. The van der Waals surface area contributed by atoms with Gasteiger partial charge in [-0.2, -0.15) is 0 Å². The summed E-state index contributed by atoms with van der Waals surface area (Å²) in [7, 11) is 0. The summed E-state index contributed by atoms with van der Waals surface area (Å²) in [5.41, 5.74) is 3.09. The van der Waals surface area contributed by atoms with Crippen LogP contribution in [-0.2, 0) is 6.42 Å². The number of nitrogens with one attached hydrogen (secondary N) is 1. The second-order valence-corrected chi connectivity index (χ2v) is 7.05. The summed E-state index contributed by atoms with van der Waals surface area (Å²) in [6.45, 7) is 3.61. The number of rotatable bonds is 3. The molecule has 0 spiro atoms. The van der Waals surface area contributed by atoms with Gasteiger partial charge in [0.25, 0.3) is 0 Å². The van der Waals surface area contributed by atoms with E-state index in [2.05, 4.69) is 36.5 Å². The highest BCUT2D eigenvalue weighted by molar-refractivity contribution is 5.26. The molecule has 1 heteroatoms. The van der Waals surface area contributed by atoms with Gasteiger partial charge in [0.2, 0.25) is 0 Å². The Labute approximate surface area is 124 Å². The van der Waals surface area contributed by atoms with Gasteiger partial charge in [0.05, 0.1) is 0 Å². The topological polar surface area (TPSA) is 12.0 Å². The van der Waals surface area contributed by atoms with Crippen molar-refractivity contribution in [1.82, 2.24) is 5.32 Å². The Morgan fingerprint density at radius 1 is 0.950 bits per heavy atom. The maximum absolute atomic E-state index is 3.65. The van der Waals surface area contributed by atoms with Crippen LogP contribution in [-0.4, -0.2) is 12.6 Å². The van der Waals surface area contributed by atoms with Crippen LogP contribution < -0.4 is 5.32 Å². The van der Waals surface area contributed by atoms with Gasteiger partial charge in [-0.3, -0.25) is 0 Å². The van der Waals surface area contributed by atoms with Gasteiger partial charge in [0.1, 0.15) is 0 Å². The summed E-state index contributed by atoms with van der Waals surface area (Å²) in [4.78, 5) is 0. The monoisotopic (exact) mass is 271 g/mol. The van der Waals surface area contributed by atoms with Gasteiger partial charge < -0.3 is 5.32 Å². The molecule has 1 aliphatic heterocycles. The van der Waals surface area contributed by atoms with E-state index in [1.165, 1.54) is 63.5 Å². The minimum Gasteiger partial charge on any atom is -0.314 e. The molecule has 1 atom stereocenters. The maximum atomic E-state index is 3.65. The molecule has 1 saturated heterocycles. The Balaban J connectivity index is 1.56. The number of benzene rings is 1. The molecule has 1 unspecified atom stereocenters. The highest BCUT2D eigenvalue weighted by atomic mass is 14.9. The van der Waals surface area contributed by atoms with E-state index < -0.39 is 0 Å². The fourth-order valence-corrected chi connectivity index (χ4v) is 3.90. The molecule has 110 valence electrons. The summed E-state index contributed by atoms with van der Waals surface area (Å²) < 4.78 is 0. The zero-order valence-corrected chi connectivity index (χ0v) is 12.9. The SMILES string of the molecule is CC1CCC(c2ccc(CC3CCCCN3)cc2)CC1. The Kier molecular flexibility index (Phi) is 4.77. The molecular formula is C19H29N. The molecule has 1 saturated carbocycles. The molecule has 2 aliphatic rings. The summed E-state index contributed by atoms with van der Waals surface area (Å²) in [6, 6.07) is 10.3. The molecule has 0 amide bonds. The highest BCUT2D eigenvalue weighted by Crippen LogP contribution is 2.35. The van der Waals surface area contributed by atoms with E-state index in [1.807, 2.05) is 0 Å². The Morgan fingerprint density at radius 3 is 2.35 bits per heavy atom. The van der Waals surface area contributed by atoms with E-state index in [4.69, 9.17) is 0 Å². The number of hydrogen-bond donors (Lipinski definition) is 1. The van der Waals surface area contributed by atoms with Crippen molar-refractivity contribution in [2.45, 2.75) is 70.3 Å². The van der Waals surface area contributed by atoms with Crippen molar-refractivity contribution >= 4 is 0 Å². The first-order valence-corrected chi connectivity index (χ1v) is 8.63. The average molecular weight is 271 g/mol. The molecule has 0 radical (unpaired) electrons. The third kappa shape index (κ3) is 3.63. The first-order chi connectivity index (χ1) is 9.81. The van der Waals surface area contributed by atoms with Crippen molar-refractivity contribution in [1.29, 1.82) is 0 Å². The standard InChI is InChI=1S/C19H29N/c1-15-5-9-17(10-6-15)18-11-7-16(8-12-18)14-19-4-2-3-13-20-19/h7-8,11-12,15,17,19-20H,2-6,9-10,13-14H2,1H3. The number of hydrogen-bond acceptors (Lipinski definition) is 1. The smallest absolute Gasteiger partial charge is 0.0107 e. The van der Waals surface area contributed by atoms with E-state index >= 15 is 0 Å². The van der Waals surface area contributed by atoms with Gasteiger partial charge in [0.15, 0.2) is 0 Å². The molecule has 1 heterocycles. The lowest BCUT2D eigenvalue weighted by atomic mass is 9.79. The molecule has 20 heavy (non-hydrogen) atoms. The van der Waals surface area contributed by atoms with Crippen molar-refractivity contribution < 1.29 is 0 Å². The second kappa shape index (κ2) is 6.76. The molecule has 1 N–H and O–H groups in total. The zero-order valence-electron chi connectivity index (χ0n) is 12.9. The summed E-state index contributed by atoms with van der Waals surface area (Å²) in [5, 5.41) is 3.65. The quantitative estimate of drug-likeness (QED) is 0.842. The maximum Gasteiger partial charge on any atom is 0.0107 e. The third-order valence-electron chi connectivity index (χ3n) is 5.36. The molecule has 2 fully saturated rings. The van der Waals surface area contributed by atoms with Crippen LogP contribution in [0.4, 0.5) is 0 Å². The van der Waals surface area contributed by atoms with Crippen LogP contribution in [0.3, 0.4) is 0 Å². The molecule has 0 bridgehead atoms. The molecule has 1 aliphatic carbocycles. The first kappa shape index (κ1) is 14.1. The van der Waals surface area contributed by atoms with Crippen LogP contribution in [0, 0.1) is 5.92 Å². The fourth-order valence-electron chi connectivity index (χ4n) is 3.90. The van der Waals surface area contributed by atoms with Gasteiger partial charge in [-0.05, 0) is 61.6 Å². The zero-order chi connectivity index (χ0) is 13.8. The fraction of sp³-hybridized carbons (Fsp3) is 0.684. The minimum atomic E-state index is 0.713. The lowest BCUT2D eigenvalue weighted by Crippen LogP contribution is -2.35. The van der Waals surface area contributed by atoms with Gasteiger partial charge in [0, 0.05) is 6.04 Å². The second-order valence-electron chi connectivity index (χ2n) is 7.05. The van der Waals surface area contributed by atoms with Crippen LogP contribution in [0.15, 0.2) is 24.3 Å². The molecule has 1 aromatic carbocycles. The Morgan fingerprint density at radius 2 is 1.70 bits per heavy atom. The summed E-state index contributed by atoms with van der Waals surface area (Å²) >= 11 is 0. The summed E-state index contributed by atoms with van der Waals surface area (Å²) in [5.74, 6) is 1.77. The predicted molar refractivity (Wildman–Crippen MR) is 86.2 cm³/mol. The molecule has 3 rings (SSSR count). The van der Waals surface area contributed by atoms with E-state index in [0.717, 1.165) is 11.8 Å². The Bertz CT molecular complexity index is 394. The van der Waals surface area contributed by atoms with Crippen LogP contribution >= 0.6 is 0 Å². The molecule has 0 aromatic heterocycles. The predicted octanol–water partition coefficient (Wildman–Crippen LogP) is 4.66. The van der Waals surface area contributed by atoms with Crippen molar-refractivity contribution in [3.05, 3.63) is 35.4 Å². The van der Waals surface area contributed by atoms with E-state index in [-0.39, 0.29) is 0 Å². The Hall–Kier alpha value is -0.820. The lowest BCUT2D eigenvalue weighted by molar-refractivity contribution is 0.348. The van der Waals surface area contributed by atoms with Crippen LogP contribution in [0.2, 0.25) is 0 Å². The van der Waals surface area contributed by atoms with Crippen LogP contribution in [0.25, 0.3) is 0 Å². The van der Waals surface area contributed by atoms with Crippen LogP contribution in [0.1, 0.15) is 68.9 Å². The van der Waals surface area contributed by atoms with Crippen molar-refractivity contribution in [3.63, 3.8) is 0 Å². The summed E-state index contributed by atoms with van der Waals surface area (Å²) in [6.07, 6.45) is 10.9.